The number of aryl methyl sites for hydroxylation is 1. The highest BCUT2D eigenvalue weighted by Gasteiger charge is 2.18. The van der Waals surface area contributed by atoms with E-state index >= 15 is 0 Å². The fourth-order valence-corrected chi connectivity index (χ4v) is 1.20. The van der Waals surface area contributed by atoms with E-state index in [1.165, 1.54) is 0 Å². The predicted octanol–water partition coefficient (Wildman–Crippen LogP) is 2.24. The average Bonchev–Trinajstić information content (AvgIpc) is 2.46. The number of carbonyl (C=O) groups excluding carboxylic acids is 1. The summed E-state index contributed by atoms with van der Waals surface area (Å²) in [6.07, 6.45) is 0. The van der Waals surface area contributed by atoms with E-state index < -0.39 is 0 Å². The number of aromatic nitrogens is 1. The van der Waals surface area contributed by atoms with Crippen LogP contribution in [0.15, 0.2) is 4.42 Å². The number of nitrogens with one attached hydrogen (secondary N) is 1. The van der Waals surface area contributed by atoms with Crippen LogP contribution in [0.2, 0.25) is 0 Å². The van der Waals surface area contributed by atoms with E-state index in [4.69, 9.17) is 4.42 Å². The Morgan fingerprint density at radius 2 is 1.93 bits per heavy atom. The maximum absolute atomic E-state index is 11.7. The second-order valence-corrected chi connectivity index (χ2v) is 4.25. The van der Waals surface area contributed by atoms with Gasteiger partial charge in [0.05, 0.1) is 5.69 Å². The van der Waals surface area contributed by atoms with Crippen LogP contribution >= 0.6 is 0 Å². The van der Waals surface area contributed by atoms with E-state index in [1.807, 2.05) is 27.7 Å². The van der Waals surface area contributed by atoms with Gasteiger partial charge >= 0.3 is 0 Å². The van der Waals surface area contributed by atoms with E-state index in [0.29, 0.717) is 17.3 Å². The number of nitrogens with zero attached hydrogens (tertiary/aromatic N) is 1. The number of hydrogen-bond acceptors (Lipinski definition) is 3. The summed E-state index contributed by atoms with van der Waals surface area (Å²) in [5.41, 5.74) is 0.650. The molecule has 0 aliphatic carbocycles. The molecule has 1 N–H and O–H groups in total. The zero-order chi connectivity index (χ0) is 11.6. The Kier molecular flexibility index (Phi) is 3.50. The van der Waals surface area contributed by atoms with Gasteiger partial charge in [-0.05, 0) is 20.8 Å². The Labute approximate surface area is 90.1 Å². The van der Waals surface area contributed by atoms with Gasteiger partial charge in [0.25, 0.3) is 5.91 Å². The van der Waals surface area contributed by atoms with Crippen molar-refractivity contribution in [2.45, 2.75) is 46.6 Å². The molecule has 1 aromatic heterocycles. The standard InChI is InChI=1S/C11H18N2O2/c1-6(2)11-13-8(5)9(15-11)10(14)12-7(3)4/h6-7H,1-5H3,(H,12,14). The van der Waals surface area contributed by atoms with Crippen molar-refractivity contribution in [3.05, 3.63) is 17.3 Å². The van der Waals surface area contributed by atoms with Crippen molar-refractivity contribution >= 4 is 5.91 Å². The monoisotopic (exact) mass is 210 g/mol. The van der Waals surface area contributed by atoms with Crippen molar-refractivity contribution in [1.29, 1.82) is 0 Å². The van der Waals surface area contributed by atoms with Crippen molar-refractivity contribution in [2.24, 2.45) is 0 Å². The molecule has 84 valence electrons. The molecule has 0 saturated carbocycles. The summed E-state index contributed by atoms with van der Waals surface area (Å²) in [6.45, 7) is 9.56. The highest BCUT2D eigenvalue weighted by Crippen LogP contribution is 2.17. The van der Waals surface area contributed by atoms with Gasteiger partial charge in [0.2, 0.25) is 5.76 Å². The Balaban J connectivity index is 2.89. The number of carbonyl (C=O) groups is 1. The Morgan fingerprint density at radius 1 is 1.33 bits per heavy atom. The quantitative estimate of drug-likeness (QED) is 0.832. The summed E-state index contributed by atoms with van der Waals surface area (Å²) in [4.78, 5) is 15.9. The van der Waals surface area contributed by atoms with E-state index in [0.717, 1.165) is 0 Å². The molecule has 0 fully saturated rings. The second-order valence-electron chi connectivity index (χ2n) is 4.25. The van der Waals surface area contributed by atoms with Gasteiger partial charge in [0, 0.05) is 12.0 Å². The van der Waals surface area contributed by atoms with Crippen LogP contribution in [0, 0.1) is 6.92 Å². The molecular formula is C11H18N2O2. The Bertz CT molecular complexity index is 353. The van der Waals surface area contributed by atoms with Crippen molar-refractivity contribution < 1.29 is 9.21 Å². The van der Waals surface area contributed by atoms with E-state index in [1.54, 1.807) is 6.92 Å². The molecule has 1 heterocycles. The van der Waals surface area contributed by atoms with E-state index in [9.17, 15) is 4.79 Å². The predicted molar refractivity (Wildman–Crippen MR) is 57.9 cm³/mol. The number of hydrogen-bond donors (Lipinski definition) is 1. The lowest BCUT2D eigenvalue weighted by Crippen LogP contribution is -2.30. The van der Waals surface area contributed by atoms with Crippen molar-refractivity contribution in [3.63, 3.8) is 0 Å². The van der Waals surface area contributed by atoms with Gasteiger partial charge in [-0.1, -0.05) is 13.8 Å². The van der Waals surface area contributed by atoms with Crippen molar-refractivity contribution in [2.75, 3.05) is 0 Å². The minimum absolute atomic E-state index is 0.101. The summed E-state index contributed by atoms with van der Waals surface area (Å²) in [5.74, 6) is 0.944. The SMILES string of the molecule is Cc1nc(C(C)C)oc1C(=O)NC(C)C. The Morgan fingerprint density at radius 3 is 2.33 bits per heavy atom. The lowest BCUT2D eigenvalue weighted by Gasteiger charge is -2.05. The summed E-state index contributed by atoms with van der Waals surface area (Å²) in [6, 6.07) is 0.101. The molecular weight excluding hydrogens is 192 g/mol. The summed E-state index contributed by atoms with van der Waals surface area (Å²) >= 11 is 0. The topological polar surface area (TPSA) is 55.1 Å². The first-order chi connectivity index (χ1) is 6.91. The molecule has 0 aliphatic heterocycles. The fourth-order valence-electron chi connectivity index (χ4n) is 1.20. The van der Waals surface area contributed by atoms with Crippen LogP contribution in [0.3, 0.4) is 0 Å². The molecule has 4 heteroatoms. The average molecular weight is 210 g/mol. The lowest BCUT2D eigenvalue weighted by atomic mass is 10.2. The first kappa shape index (κ1) is 11.8. The minimum atomic E-state index is -0.193. The normalized spacial score (nSPS) is 11.1. The van der Waals surface area contributed by atoms with E-state index in [2.05, 4.69) is 10.3 Å². The largest absolute Gasteiger partial charge is 0.435 e. The third-order valence-corrected chi connectivity index (χ3v) is 1.93. The second kappa shape index (κ2) is 4.47. The number of rotatable bonds is 3. The van der Waals surface area contributed by atoms with Crippen LogP contribution in [0.5, 0.6) is 0 Å². The molecule has 0 bridgehead atoms. The highest BCUT2D eigenvalue weighted by molar-refractivity contribution is 5.92. The van der Waals surface area contributed by atoms with Gasteiger partial charge in [-0.3, -0.25) is 4.79 Å². The molecule has 1 amide bonds. The van der Waals surface area contributed by atoms with Gasteiger partial charge < -0.3 is 9.73 Å². The third kappa shape index (κ3) is 2.81. The summed E-state index contributed by atoms with van der Waals surface area (Å²) in [5, 5.41) is 2.78. The minimum Gasteiger partial charge on any atom is -0.435 e. The molecule has 0 saturated heterocycles. The van der Waals surface area contributed by atoms with Gasteiger partial charge in [-0.25, -0.2) is 4.98 Å². The fraction of sp³-hybridized carbons (Fsp3) is 0.636. The van der Waals surface area contributed by atoms with Crippen molar-refractivity contribution in [3.8, 4) is 0 Å². The lowest BCUT2D eigenvalue weighted by molar-refractivity contribution is 0.0912. The number of amides is 1. The molecule has 0 aliphatic rings. The zero-order valence-corrected chi connectivity index (χ0v) is 9.92. The van der Waals surface area contributed by atoms with Gasteiger partial charge in [0.15, 0.2) is 5.89 Å². The molecule has 1 rings (SSSR count). The highest BCUT2D eigenvalue weighted by atomic mass is 16.4. The first-order valence-corrected chi connectivity index (χ1v) is 5.20. The number of oxazole rings is 1. The third-order valence-electron chi connectivity index (χ3n) is 1.93. The molecule has 0 radical (unpaired) electrons. The van der Waals surface area contributed by atoms with Crippen LogP contribution < -0.4 is 5.32 Å². The summed E-state index contributed by atoms with van der Waals surface area (Å²) in [7, 11) is 0. The molecule has 0 spiro atoms. The van der Waals surface area contributed by atoms with Crippen LogP contribution in [-0.2, 0) is 0 Å². The summed E-state index contributed by atoms with van der Waals surface area (Å²) < 4.78 is 5.42. The Hall–Kier alpha value is -1.32. The van der Waals surface area contributed by atoms with Crippen molar-refractivity contribution in [1.82, 2.24) is 10.3 Å². The van der Waals surface area contributed by atoms with Crippen LogP contribution in [0.4, 0.5) is 0 Å². The van der Waals surface area contributed by atoms with Crippen LogP contribution in [0.25, 0.3) is 0 Å². The van der Waals surface area contributed by atoms with Gasteiger partial charge in [-0.15, -0.1) is 0 Å². The maximum atomic E-state index is 11.7. The smallest absolute Gasteiger partial charge is 0.289 e. The molecule has 0 atom stereocenters. The van der Waals surface area contributed by atoms with E-state index in [-0.39, 0.29) is 17.9 Å². The zero-order valence-electron chi connectivity index (χ0n) is 9.92. The first-order valence-electron chi connectivity index (χ1n) is 5.20. The molecule has 1 aromatic rings. The molecule has 15 heavy (non-hydrogen) atoms. The van der Waals surface area contributed by atoms with Gasteiger partial charge in [0.1, 0.15) is 0 Å². The van der Waals surface area contributed by atoms with Crippen LogP contribution in [-0.4, -0.2) is 16.9 Å². The van der Waals surface area contributed by atoms with Gasteiger partial charge in [-0.2, -0.15) is 0 Å². The molecule has 4 nitrogen and oxygen atoms in total. The van der Waals surface area contributed by atoms with Crippen LogP contribution in [0.1, 0.15) is 55.8 Å². The maximum Gasteiger partial charge on any atom is 0.289 e. The molecule has 0 aromatic carbocycles. The molecule has 0 unspecified atom stereocenters.